The molecule has 1 saturated heterocycles. The normalized spacial score (nSPS) is 15.6. The van der Waals surface area contributed by atoms with Crippen LogP contribution in [0.25, 0.3) is 6.08 Å². The van der Waals surface area contributed by atoms with Gasteiger partial charge in [0.05, 0.1) is 22.6 Å². The second kappa shape index (κ2) is 7.45. The topological polar surface area (TPSA) is 72.7 Å². The molecule has 0 atom stereocenters. The number of nitro benzene ring substituents is 1. The molecule has 0 spiro atoms. The average molecular weight is 407 g/mol. The highest BCUT2D eigenvalue weighted by Crippen LogP contribution is 2.38. The van der Waals surface area contributed by atoms with Crippen LogP contribution in [0.3, 0.4) is 0 Å². The molecule has 1 amide bonds. The Morgan fingerprint density at radius 3 is 2.58 bits per heavy atom. The van der Waals surface area contributed by atoms with Gasteiger partial charge >= 0.3 is 0 Å². The minimum Gasteiger partial charge on any atom is -0.496 e. The number of nitro groups is 1. The van der Waals surface area contributed by atoms with Gasteiger partial charge in [0, 0.05) is 22.7 Å². The van der Waals surface area contributed by atoms with Gasteiger partial charge in [-0.3, -0.25) is 19.8 Å². The first-order chi connectivity index (χ1) is 12.4. The van der Waals surface area contributed by atoms with Crippen molar-refractivity contribution in [2.45, 2.75) is 0 Å². The first-order valence-electron chi connectivity index (χ1n) is 7.26. The first kappa shape index (κ1) is 18.4. The molecule has 132 valence electrons. The van der Waals surface area contributed by atoms with Gasteiger partial charge in [0.2, 0.25) is 0 Å². The number of nitrogens with zero attached hydrogens (tertiary/aromatic N) is 2. The lowest BCUT2D eigenvalue weighted by atomic mass is 10.1. The molecular formula is C17H11ClN2O4S2. The second-order valence-electron chi connectivity index (χ2n) is 5.18. The predicted octanol–water partition coefficient (Wildman–Crippen LogP) is 4.66. The van der Waals surface area contributed by atoms with E-state index in [2.05, 4.69) is 0 Å². The third-order valence-corrected chi connectivity index (χ3v) is 5.14. The van der Waals surface area contributed by atoms with E-state index in [1.807, 2.05) is 0 Å². The molecule has 0 bridgehead atoms. The molecule has 0 saturated carbocycles. The highest BCUT2D eigenvalue weighted by Gasteiger charge is 2.33. The van der Waals surface area contributed by atoms with Crippen molar-refractivity contribution in [3.8, 4) is 5.75 Å². The van der Waals surface area contributed by atoms with E-state index in [1.54, 1.807) is 30.3 Å². The summed E-state index contributed by atoms with van der Waals surface area (Å²) in [6.07, 6.45) is 1.54. The van der Waals surface area contributed by atoms with Gasteiger partial charge in [-0.05, 0) is 36.4 Å². The van der Waals surface area contributed by atoms with Gasteiger partial charge in [0.1, 0.15) is 5.75 Å². The smallest absolute Gasteiger partial charge is 0.270 e. The van der Waals surface area contributed by atoms with Crippen molar-refractivity contribution in [1.29, 1.82) is 0 Å². The lowest BCUT2D eigenvalue weighted by molar-refractivity contribution is -0.384. The van der Waals surface area contributed by atoms with Crippen LogP contribution in [0.15, 0.2) is 47.4 Å². The van der Waals surface area contributed by atoms with Crippen molar-refractivity contribution in [3.05, 3.63) is 68.1 Å². The van der Waals surface area contributed by atoms with E-state index in [9.17, 15) is 14.9 Å². The number of ether oxygens (including phenoxy) is 1. The Morgan fingerprint density at radius 2 is 1.96 bits per heavy atom. The number of carbonyl (C=O) groups excluding carboxylic acids is 1. The maximum atomic E-state index is 12.8. The standard InChI is InChI=1S/C17H11ClN2O4S2/c1-24-14-7-6-13(20(22)23)8-10(14)9-15-16(21)19(17(25)26-15)12-4-2-11(18)3-5-12/h2-9H,1H3/b15-9+. The van der Waals surface area contributed by atoms with Crippen LogP contribution in [0.2, 0.25) is 5.02 Å². The van der Waals surface area contributed by atoms with Crippen LogP contribution in [0.1, 0.15) is 5.56 Å². The van der Waals surface area contributed by atoms with E-state index in [1.165, 1.54) is 30.2 Å². The number of non-ortho nitro benzene ring substituents is 1. The number of carbonyl (C=O) groups is 1. The lowest BCUT2D eigenvalue weighted by Gasteiger charge is -2.14. The van der Waals surface area contributed by atoms with Crippen LogP contribution >= 0.6 is 35.6 Å². The van der Waals surface area contributed by atoms with Crippen LogP contribution in [0, 0.1) is 10.1 Å². The number of hydrogen-bond donors (Lipinski definition) is 0. The Kier molecular flexibility index (Phi) is 5.26. The fraction of sp³-hybridized carbons (Fsp3) is 0.0588. The molecule has 9 heteroatoms. The van der Waals surface area contributed by atoms with Crippen molar-refractivity contribution >= 4 is 63.3 Å². The van der Waals surface area contributed by atoms with Crippen LogP contribution in [0.5, 0.6) is 5.75 Å². The van der Waals surface area contributed by atoms with E-state index in [-0.39, 0.29) is 11.6 Å². The fourth-order valence-corrected chi connectivity index (χ4v) is 3.79. The van der Waals surface area contributed by atoms with Gasteiger partial charge in [-0.2, -0.15) is 0 Å². The molecule has 2 aromatic rings. The van der Waals surface area contributed by atoms with Gasteiger partial charge < -0.3 is 4.74 Å². The molecule has 2 aromatic carbocycles. The predicted molar refractivity (Wildman–Crippen MR) is 107 cm³/mol. The maximum absolute atomic E-state index is 12.8. The zero-order valence-corrected chi connectivity index (χ0v) is 15.7. The van der Waals surface area contributed by atoms with Gasteiger partial charge in [-0.25, -0.2) is 0 Å². The van der Waals surface area contributed by atoms with Gasteiger partial charge in [0.15, 0.2) is 4.32 Å². The Hall–Kier alpha value is -2.42. The average Bonchev–Trinajstić information content (AvgIpc) is 2.89. The molecular weight excluding hydrogens is 396 g/mol. The summed E-state index contributed by atoms with van der Waals surface area (Å²) in [4.78, 5) is 25.0. The second-order valence-corrected chi connectivity index (χ2v) is 7.29. The fourth-order valence-electron chi connectivity index (χ4n) is 2.37. The van der Waals surface area contributed by atoms with Crippen molar-refractivity contribution in [2.75, 3.05) is 12.0 Å². The molecule has 26 heavy (non-hydrogen) atoms. The number of anilines is 1. The Balaban J connectivity index is 1.99. The molecule has 1 aliphatic rings. The molecule has 0 aliphatic carbocycles. The summed E-state index contributed by atoms with van der Waals surface area (Å²) in [5.41, 5.74) is 0.940. The van der Waals surface area contributed by atoms with Crippen LogP contribution in [-0.2, 0) is 4.79 Å². The number of hydrogen-bond acceptors (Lipinski definition) is 6. The molecule has 0 radical (unpaired) electrons. The summed E-state index contributed by atoms with van der Waals surface area (Å²) < 4.78 is 5.60. The molecule has 6 nitrogen and oxygen atoms in total. The Labute approximate surface area is 163 Å². The summed E-state index contributed by atoms with van der Waals surface area (Å²) >= 11 is 12.3. The summed E-state index contributed by atoms with van der Waals surface area (Å²) in [6, 6.07) is 10.9. The third kappa shape index (κ3) is 3.57. The van der Waals surface area contributed by atoms with Gasteiger partial charge in [0.25, 0.3) is 11.6 Å². The van der Waals surface area contributed by atoms with Crippen LogP contribution in [-0.4, -0.2) is 22.3 Å². The SMILES string of the molecule is COc1ccc([N+](=O)[O-])cc1/C=C1/SC(=S)N(c2ccc(Cl)cc2)C1=O. The Bertz CT molecular complexity index is 944. The lowest BCUT2D eigenvalue weighted by Crippen LogP contribution is -2.27. The summed E-state index contributed by atoms with van der Waals surface area (Å²) in [7, 11) is 1.46. The highest BCUT2D eigenvalue weighted by molar-refractivity contribution is 8.27. The minimum absolute atomic E-state index is 0.0924. The number of halogens is 1. The summed E-state index contributed by atoms with van der Waals surface area (Å²) in [5.74, 6) is 0.114. The highest BCUT2D eigenvalue weighted by atomic mass is 35.5. The van der Waals surface area contributed by atoms with Gasteiger partial charge in [-0.1, -0.05) is 35.6 Å². The van der Waals surface area contributed by atoms with Crippen molar-refractivity contribution in [2.24, 2.45) is 0 Å². The molecule has 3 rings (SSSR count). The largest absolute Gasteiger partial charge is 0.496 e. The Morgan fingerprint density at radius 1 is 1.27 bits per heavy atom. The number of rotatable bonds is 4. The third-order valence-electron chi connectivity index (χ3n) is 3.59. The van der Waals surface area contributed by atoms with E-state index in [0.29, 0.717) is 31.2 Å². The van der Waals surface area contributed by atoms with Crippen molar-refractivity contribution < 1.29 is 14.5 Å². The number of thiocarbonyl (C=S) groups is 1. The minimum atomic E-state index is -0.504. The monoisotopic (exact) mass is 406 g/mol. The van der Waals surface area contributed by atoms with E-state index in [4.69, 9.17) is 28.6 Å². The molecule has 1 fully saturated rings. The molecule has 0 aromatic heterocycles. The molecule has 1 aliphatic heterocycles. The number of thioether (sulfide) groups is 1. The van der Waals surface area contributed by atoms with E-state index >= 15 is 0 Å². The zero-order chi connectivity index (χ0) is 18.8. The molecule has 0 unspecified atom stereocenters. The first-order valence-corrected chi connectivity index (χ1v) is 8.87. The number of methoxy groups -OCH3 is 1. The van der Waals surface area contributed by atoms with Crippen molar-refractivity contribution in [3.63, 3.8) is 0 Å². The number of amides is 1. The van der Waals surface area contributed by atoms with Crippen LogP contribution < -0.4 is 9.64 Å². The number of benzene rings is 2. The molecule has 0 N–H and O–H groups in total. The summed E-state index contributed by atoms with van der Waals surface area (Å²) in [5, 5.41) is 11.6. The van der Waals surface area contributed by atoms with E-state index < -0.39 is 4.92 Å². The molecule has 1 heterocycles. The zero-order valence-electron chi connectivity index (χ0n) is 13.3. The van der Waals surface area contributed by atoms with E-state index in [0.717, 1.165) is 11.8 Å². The quantitative estimate of drug-likeness (QED) is 0.318. The van der Waals surface area contributed by atoms with Gasteiger partial charge in [-0.15, -0.1) is 0 Å². The van der Waals surface area contributed by atoms with Crippen molar-refractivity contribution in [1.82, 2.24) is 0 Å². The van der Waals surface area contributed by atoms with Crippen LogP contribution in [0.4, 0.5) is 11.4 Å². The summed E-state index contributed by atoms with van der Waals surface area (Å²) in [6.45, 7) is 0. The maximum Gasteiger partial charge on any atom is 0.270 e.